The van der Waals surface area contributed by atoms with Crippen molar-refractivity contribution < 1.29 is 14.3 Å². The van der Waals surface area contributed by atoms with Gasteiger partial charge in [-0.2, -0.15) is 0 Å². The Morgan fingerprint density at radius 3 is 2.56 bits per heavy atom. The number of rotatable bonds is 5. The lowest BCUT2D eigenvalue weighted by Crippen LogP contribution is -2.43. The van der Waals surface area contributed by atoms with Crippen molar-refractivity contribution in [3.05, 3.63) is 69.2 Å². The van der Waals surface area contributed by atoms with Crippen LogP contribution < -0.4 is 15.6 Å². The van der Waals surface area contributed by atoms with Crippen molar-refractivity contribution in [3.8, 4) is 5.75 Å². The van der Waals surface area contributed by atoms with Gasteiger partial charge in [-0.05, 0) is 54.5 Å². The van der Waals surface area contributed by atoms with E-state index < -0.39 is 11.8 Å². The largest absolute Gasteiger partial charge is 0.484 e. The first kappa shape index (κ1) is 19.0. The summed E-state index contributed by atoms with van der Waals surface area (Å²) in [6, 6.07) is 12.4. The van der Waals surface area contributed by atoms with Gasteiger partial charge in [0.1, 0.15) is 5.75 Å². The molecule has 2 aromatic carbocycles. The Balaban J connectivity index is 1.74. The summed E-state index contributed by atoms with van der Waals surface area (Å²) in [5, 5.41) is 0.620. The van der Waals surface area contributed by atoms with Crippen LogP contribution in [0.2, 0.25) is 5.02 Å². The third-order valence-electron chi connectivity index (χ3n) is 3.12. The van der Waals surface area contributed by atoms with Gasteiger partial charge in [0.15, 0.2) is 6.61 Å². The van der Waals surface area contributed by atoms with Crippen LogP contribution in [0.1, 0.15) is 11.1 Å². The molecule has 0 fully saturated rings. The highest BCUT2D eigenvalue weighted by molar-refractivity contribution is 9.10. The highest BCUT2D eigenvalue weighted by atomic mass is 79.9. The van der Waals surface area contributed by atoms with Crippen LogP contribution in [0.25, 0.3) is 6.08 Å². The SMILES string of the molecule is Cc1cc(OCC(=O)NNC(=O)/C=C/c2ccc(Cl)cc2)ccc1Br. The van der Waals surface area contributed by atoms with E-state index in [1.54, 1.807) is 36.4 Å². The number of benzene rings is 2. The minimum atomic E-state index is -0.464. The van der Waals surface area contributed by atoms with Gasteiger partial charge in [-0.15, -0.1) is 0 Å². The third-order valence-corrected chi connectivity index (χ3v) is 4.26. The average molecular weight is 424 g/mol. The van der Waals surface area contributed by atoms with Crippen LogP contribution in [-0.2, 0) is 9.59 Å². The predicted octanol–water partition coefficient (Wildman–Crippen LogP) is 3.65. The minimum Gasteiger partial charge on any atom is -0.484 e. The molecule has 5 nitrogen and oxygen atoms in total. The zero-order valence-electron chi connectivity index (χ0n) is 13.4. The number of aryl methyl sites for hydroxylation is 1. The lowest BCUT2D eigenvalue weighted by atomic mass is 10.2. The van der Waals surface area contributed by atoms with Crippen LogP contribution in [0.5, 0.6) is 5.75 Å². The molecule has 0 radical (unpaired) electrons. The number of ether oxygens (including phenoxy) is 1. The fourth-order valence-electron chi connectivity index (χ4n) is 1.81. The molecule has 0 unspecified atom stereocenters. The van der Waals surface area contributed by atoms with Crippen LogP contribution in [0.15, 0.2) is 53.0 Å². The second-order valence-corrected chi connectivity index (χ2v) is 6.41. The Morgan fingerprint density at radius 1 is 1.16 bits per heavy atom. The number of carbonyl (C=O) groups is 2. The van der Waals surface area contributed by atoms with E-state index >= 15 is 0 Å². The summed E-state index contributed by atoms with van der Waals surface area (Å²) in [5.74, 6) is -0.346. The lowest BCUT2D eigenvalue weighted by Gasteiger charge is -2.08. The Kier molecular flexibility index (Phi) is 7.03. The summed E-state index contributed by atoms with van der Waals surface area (Å²) in [5.41, 5.74) is 6.38. The van der Waals surface area contributed by atoms with Gasteiger partial charge in [-0.1, -0.05) is 39.7 Å². The fourth-order valence-corrected chi connectivity index (χ4v) is 2.18. The van der Waals surface area contributed by atoms with Gasteiger partial charge < -0.3 is 4.74 Å². The van der Waals surface area contributed by atoms with E-state index in [1.807, 2.05) is 19.1 Å². The molecule has 0 saturated carbocycles. The maximum Gasteiger partial charge on any atom is 0.276 e. The van der Waals surface area contributed by atoms with Gasteiger partial charge in [0, 0.05) is 15.6 Å². The number of nitrogens with one attached hydrogen (secondary N) is 2. The summed E-state index contributed by atoms with van der Waals surface area (Å²) < 4.78 is 6.32. The maximum absolute atomic E-state index is 11.7. The van der Waals surface area contributed by atoms with Crippen molar-refractivity contribution in [2.45, 2.75) is 6.92 Å². The Bertz CT molecular complexity index is 791. The molecule has 0 bridgehead atoms. The molecule has 0 heterocycles. The lowest BCUT2D eigenvalue weighted by molar-refractivity contribution is -0.128. The number of halogens is 2. The molecule has 2 aromatic rings. The van der Waals surface area contributed by atoms with Crippen molar-refractivity contribution >= 4 is 45.4 Å². The molecule has 130 valence electrons. The Labute approximate surface area is 159 Å². The Morgan fingerprint density at radius 2 is 1.88 bits per heavy atom. The van der Waals surface area contributed by atoms with Gasteiger partial charge in [-0.3, -0.25) is 20.4 Å². The first-order chi connectivity index (χ1) is 11.9. The van der Waals surface area contributed by atoms with E-state index in [2.05, 4.69) is 26.8 Å². The highest BCUT2D eigenvalue weighted by Crippen LogP contribution is 2.21. The minimum absolute atomic E-state index is 0.206. The first-order valence-corrected chi connectivity index (χ1v) is 8.52. The van der Waals surface area contributed by atoms with Crippen molar-refractivity contribution in [2.75, 3.05) is 6.61 Å². The summed E-state index contributed by atoms with van der Waals surface area (Å²) in [7, 11) is 0. The van der Waals surface area contributed by atoms with Crippen LogP contribution >= 0.6 is 27.5 Å². The molecular weight excluding hydrogens is 408 g/mol. The van der Waals surface area contributed by atoms with Crippen molar-refractivity contribution in [1.82, 2.24) is 10.9 Å². The molecule has 0 spiro atoms. The summed E-state index contributed by atoms with van der Waals surface area (Å²) in [6.45, 7) is 1.71. The van der Waals surface area contributed by atoms with Crippen LogP contribution in [-0.4, -0.2) is 18.4 Å². The van der Waals surface area contributed by atoms with Crippen LogP contribution in [0.4, 0.5) is 0 Å². The smallest absolute Gasteiger partial charge is 0.276 e. The normalized spacial score (nSPS) is 10.5. The molecule has 7 heteroatoms. The number of hydrazine groups is 1. The number of carbonyl (C=O) groups excluding carboxylic acids is 2. The summed E-state index contributed by atoms with van der Waals surface area (Å²) in [4.78, 5) is 23.3. The van der Waals surface area contributed by atoms with Crippen molar-refractivity contribution in [2.24, 2.45) is 0 Å². The van der Waals surface area contributed by atoms with Crippen LogP contribution in [0.3, 0.4) is 0 Å². The van der Waals surface area contributed by atoms with E-state index in [-0.39, 0.29) is 6.61 Å². The zero-order chi connectivity index (χ0) is 18.2. The molecule has 0 aromatic heterocycles. The standard InChI is InChI=1S/C18H16BrClN2O3/c1-12-10-15(7-8-16(12)19)25-11-18(24)22-21-17(23)9-4-13-2-5-14(20)6-3-13/h2-10H,11H2,1H3,(H,21,23)(H,22,24)/b9-4+. The summed E-state index contributed by atoms with van der Waals surface area (Å²) >= 11 is 9.17. The molecular formula is C18H16BrClN2O3. The quantitative estimate of drug-likeness (QED) is 0.570. The van der Waals surface area contributed by atoms with Crippen LogP contribution in [0, 0.1) is 6.92 Å². The van der Waals surface area contributed by atoms with Gasteiger partial charge in [0.05, 0.1) is 0 Å². The fraction of sp³-hybridized carbons (Fsp3) is 0.111. The second kappa shape index (κ2) is 9.25. The number of amides is 2. The van der Waals surface area contributed by atoms with Gasteiger partial charge in [-0.25, -0.2) is 0 Å². The first-order valence-electron chi connectivity index (χ1n) is 7.35. The molecule has 0 atom stereocenters. The topological polar surface area (TPSA) is 67.4 Å². The third kappa shape index (κ3) is 6.60. The molecule has 0 saturated heterocycles. The van der Waals surface area contributed by atoms with E-state index in [4.69, 9.17) is 16.3 Å². The highest BCUT2D eigenvalue weighted by Gasteiger charge is 2.05. The number of hydrogen-bond donors (Lipinski definition) is 2. The maximum atomic E-state index is 11.7. The van der Waals surface area contributed by atoms with Gasteiger partial charge >= 0.3 is 0 Å². The molecule has 0 aliphatic heterocycles. The van der Waals surface area contributed by atoms with E-state index in [1.165, 1.54) is 6.08 Å². The van der Waals surface area contributed by atoms with E-state index in [9.17, 15) is 9.59 Å². The van der Waals surface area contributed by atoms with E-state index in [0.717, 1.165) is 15.6 Å². The number of hydrogen-bond acceptors (Lipinski definition) is 3. The second-order valence-electron chi connectivity index (χ2n) is 5.12. The van der Waals surface area contributed by atoms with E-state index in [0.29, 0.717) is 10.8 Å². The Hall–Kier alpha value is -2.31. The molecule has 2 N–H and O–H groups in total. The molecule has 25 heavy (non-hydrogen) atoms. The molecule has 0 aliphatic rings. The van der Waals surface area contributed by atoms with Crippen molar-refractivity contribution in [3.63, 3.8) is 0 Å². The van der Waals surface area contributed by atoms with Crippen molar-refractivity contribution in [1.29, 1.82) is 0 Å². The molecule has 0 aliphatic carbocycles. The van der Waals surface area contributed by atoms with Gasteiger partial charge in [0.2, 0.25) is 0 Å². The monoisotopic (exact) mass is 422 g/mol. The zero-order valence-corrected chi connectivity index (χ0v) is 15.7. The predicted molar refractivity (Wildman–Crippen MR) is 101 cm³/mol. The van der Waals surface area contributed by atoms with Gasteiger partial charge in [0.25, 0.3) is 11.8 Å². The summed E-state index contributed by atoms with van der Waals surface area (Å²) in [6.07, 6.45) is 2.92. The molecule has 2 rings (SSSR count). The average Bonchev–Trinajstić information content (AvgIpc) is 2.60. The molecule has 2 amide bonds.